The van der Waals surface area contributed by atoms with E-state index in [1.54, 1.807) is 7.05 Å². The van der Waals surface area contributed by atoms with Crippen molar-refractivity contribution in [3.05, 3.63) is 79.9 Å². The number of nitrogens with zero attached hydrogens (tertiary/aromatic N) is 1. The highest BCUT2D eigenvalue weighted by Gasteiger charge is 1.97. The third-order valence-corrected chi connectivity index (χ3v) is 2.58. The zero-order valence-electron chi connectivity index (χ0n) is 12.8. The van der Waals surface area contributed by atoms with Crippen molar-refractivity contribution in [1.82, 2.24) is 0 Å². The highest BCUT2D eigenvalue weighted by atomic mass is 14.6. The molecule has 2 aromatic rings. The molecule has 2 nitrogen and oxygen atoms in total. The fourth-order valence-electron chi connectivity index (χ4n) is 1.68. The number of aliphatic imine (C=N–C) groups is 1. The van der Waals surface area contributed by atoms with Gasteiger partial charge in [0.05, 0.1) is 0 Å². The van der Waals surface area contributed by atoms with Crippen molar-refractivity contribution >= 4 is 12.4 Å². The van der Waals surface area contributed by atoms with Crippen LogP contribution in [0.4, 0.5) is 5.69 Å². The van der Waals surface area contributed by atoms with Gasteiger partial charge in [0.15, 0.2) is 0 Å². The summed E-state index contributed by atoms with van der Waals surface area (Å²) in [5.74, 6) is 0. The van der Waals surface area contributed by atoms with Crippen LogP contribution in [0.1, 0.15) is 5.56 Å². The Bertz CT molecular complexity index is 524. The standard InChI is InChI=1S/C15H15N.C2H5N.C2H4/c1-2-3-12-4-6-13(7-5-12)14-8-10-15(16)11-9-14;1-3-2;1-2/h2,4-11H,1,3,16H2;1H2,2H3;1-2H2. The molecule has 0 atom stereocenters. The minimum atomic E-state index is 0.798. The van der Waals surface area contributed by atoms with Gasteiger partial charge >= 0.3 is 0 Å². The van der Waals surface area contributed by atoms with Gasteiger partial charge in [-0.25, -0.2) is 0 Å². The molecule has 2 N–H and O–H groups in total. The van der Waals surface area contributed by atoms with E-state index in [4.69, 9.17) is 5.73 Å². The van der Waals surface area contributed by atoms with Crippen molar-refractivity contribution in [2.24, 2.45) is 4.99 Å². The Kier molecular flexibility index (Phi) is 9.84. The van der Waals surface area contributed by atoms with Gasteiger partial charge in [0.1, 0.15) is 0 Å². The fraction of sp³-hybridized carbons (Fsp3) is 0.105. The highest BCUT2D eigenvalue weighted by molar-refractivity contribution is 5.65. The Morgan fingerprint density at radius 2 is 1.33 bits per heavy atom. The molecule has 0 radical (unpaired) electrons. The molecule has 0 aliphatic rings. The van der Waals surface area contributed by atoms with Crippen LogP contribution in [0.2, 0.25) is 0 Å². The van der Waals surface area contributed by atoms with Crippen LogP contribution < -0.4 is 5.73 Å². The normalized spacial score (nSPS) is 8.43. The third kappa shape index (κ3) is 6.92. The van der Waals surface area contributed by atoms with E-state index in [9.17, 15) is 0 Å². The summed E-state index contributed by atoms with van der Waals surface area (Å²) >= 11 is 0. The molecule has 21 heavy (non-hydrogen) atoms. The van der Waals surface area contributed by atoms with E-state index in [1.165, 1.54) is 16.7 Å². The average Bonchev–Trinajstić information content (AvgIpc) is 2.52. The lowest BCUT2D eigenvalue weighted by Gasteiger charge is -2.03. The van der Waals surface area contributed by atoms with Gasteiger partial charge in [0, 0.05) is 12.7 Å². The molecular weight excluding hydrogens is 256 g/mol. The topological polar surface area (TPSA) is 38.4 Å². The van der Waals surface area contributed by atoms with E-state index in [0.717, 1.165) is 12.1 Å². The van der Waals surface area contributed by atoms with Crippen molar-refractivity contribution in [3.8, 4) is 11.1 Å². The van der Waals surface area contributed by atoms with Crippen molar-refractivity contribution in [2.45, 2.75) is 6.42 Å². The molecule has 2 rings (SSSR count). The molecule has 0 aliphatic heterocycles. The van der Waals surface area contributed by atoms with E-state index >= 15 is 0 Å². The summed E-state index contributed by atoms with van der Waals surface area (Å²) in [7, 11) is 1.64. The molecule has 0 saturated carbocycles. The average molecular weight is 280 g/mol. The van der Waals surface area contributed by atoms with Gasteiger partial charge in [-0.05, 0) is 42.0 Å². The Hall–Kier alpha value is -2.61. The molecule has 2 aromatic carbocycles. The van der Waals surface area contributed by atoms with Gasteiger partial charge in [-0.15, -0.1) is 19.7 Å². The van der Waals surface area contributed by atoms with Crippen molar-refractivity contribution in [2.75, 3.05) is 12.8 Å². The quantitative estimate of drug-likeness (QED) is 0.490. The summed E-state index contributed by atoms with van der Waals surface area (Å²) in [6.07, 6.45) is 2.83. The molecule has 0 spiro atoms. The first-order valence-corrected chi connectivity index (χ1v) is 6.61. The lowest BCUT2D eigenvalue weighted by molar-refractivity contribution is 1.28. The first-order chi connectivity index (χ1) is 10.2. The van der Waals surface area contributed by atoms with Crippen LogP contribution in [0.25, 0.3) is 11.1 Å². The van der Waals surface area contributed by atoms with Crippen LogP contribution in [0.15, 0.2) is 79.3 Å². The predicted molar refractivity (Wildman–Crippen MR) is 96.9 cm³/mol. The Balaban J connectivity index is 0.000000713. The maximum atomic E-state index is 5.66. The predicted octanol–water partition coefficient (Wildman–Crippen LogP) is 4.78. The van der Waals surface area contributed by atoms with Crippen LogP contribution in [0.3, 0.4) is 0 Å². The molecule has 0 fully saturated rings. The number of anilines is 1. The first-order valence-electron chi connectivity index (χ1n) is 6.61. The van der Waals surface area contributed by atoms with Gasteiger partial charge in [-0.3, -0.25) is 0 Å². The second kappa shape index (κ2) is 11.2. The maximum absolute atomic E-state index is 5.66. The number of nitrogens with two attached hydrogens (primary N) is 1. The number of rotatable bonds is 3. The monoisotopic (exact) mass is 280 g/mol. The second-order valence-electron chi connectivity index (χ2n) is 4.13. The van der Waals surface area contributed by atoms with Crippen molar-refractivity contribution in [1.29, 1.82) is 0 Å². The zero-order chi connectivity index (χ0) is 16.1. The summed E-state index contributed by atoms with van der Waals surface area (Å²) in [6, 6.07) is 16.4. The molecule has 0 unspecified atom stereocenters. The number of hydrogen-bond acceptors (Lipinski definition) is 2. The highest BCUT2D eigenvalue weighted by Crippen LogP contribution is 2.21. The maximum Gasteiger partial charge on any atom is 0.0314 e. The SMILES string of the molecule is C=C.C=CCc1ccc(-c2ccc(N)cc2)cc1.C=NC. The largest absolute Gasteiger partial charge is 0.399 e. The van der Waals surface area contributed by atoms with Crippen molar-refractivity contribution < 1.29 is 0 Å². The molecule has 0 bridgehead atoms. The molecule has 0 saturated heterocycles. The summed E-state index contributed by atoms with van der Waals surface area (Å²) < 4.78 is 0. The summed E-state index contributed by atoms with van der Waals surface area (Å²) in [5, 5.41) is 0. The van der Waals surface area contributed by atoms with Crippen LogP contribution in [-0.4, -0.2) is 13.8 Å². The summed E-state index contributed by atoms with van der Waals surface area (Å²) in [6.45, 7) is 12.8. The van der Waals surface area contributed by atoms with Gasteiger partial charge in [-0.2, -0.15) is 0 Å². The Labute approximate surface area is 128 Å². The van der Waals surface area contributed by atoms with Crippen LogP contribution >= 0.6 is 0 Å². The number of allylic oxidation sites excluding steroid dienone is 1. The molecule has 2 heteroatoms. The number of benzene rings is 2. The number of nitrogen functional groups attached to an aromatic ring is 1. The molecule has 0 heterocycles. The third-order valence-electron chi connectivity index (χ3n) is 2.58. The smallest absolute Gasteiger partial charge is 0.0314 e. The summed E-state index contributed by atoms with van der Waals surface area (Å²) in [4.78, 5) is 3.25. The van der Waals surface area contributed by atoms with Crippen molar-refractivity contribution in [3.63, 3.8) is 0 Å². The Morgan fingerprint density at radius 1 is 0.952 bits per heavy atom. The zero-order valence-corrected chi connectivity index (χ0v) is 12.8. The minimum absolute atomic E-state index is 0.798. The van der Waals surface area contributed by atoms with E-state index in [2.05, 4.69) is 55.7 Å². The van der Waals surface area contributed by atoms with Crippen LogP contribution in [-0.2, 0) is 6.42 Å². The first kappa shape index (κ1) is 18.4. The van der Waals surface area contributed by atoms with Gasteiger partial charge in [0.2, 0.25) is 0 Å². The molecule has 0 aromatic heterocycles. The van der Waals surface area contributed by atoms with E-state index in [-0.39, 0.29) is 0 Å². The van der Waals surface area contributed by atoms with Crippen LogP contribution in [0.5, 0.6) is 0 Å². The molecule has 0 amide bonds. The minimum Gasteiger partial charge on any atom is -0.399 e. The van der Waals surface area contributed by atoms with Gasteiger partial charge < -0.3 is 10.7 Å². The molecule has 110 valence electrons. The lowest BCUT2D eigenvalue weighted by Crippen LogP contribution is -1.85. The fourth-order valence-corrected chi connectivity index (χ4v) is 1.68. The molecule has 0 aliphatic carbocycles. The van der Waals surface area contributed by atoms with Gasteiger partial charge in [0.25, 0.3) is 0 Å². The van der Waals surface area contributed by atoms with E-state index < -0.39 is 0 Å². The van der Waals surface area contributed by atoms with E-state index in [1.807, 2.05) is 30.3 Å². The molecular formula is C19H24N2. The van der Waals surface area contributed by atoms with Crippen LogP contribution in [0, 0.1) is 0 Å². The van der Waals surface area contributed by atoms with Gasteiger partial charge in [-0.1, -0.05) is 42.5 Å². The lowest BCUT2D eigenvalue weighted by atomic mass is 10.0. The Morgan fingerprint density at radius 3 is 1.71 bits per heavy atom. The second-order valence-corrected chi connectivity index (χ2v) is 4.13. The summed E-state index contributed by atoms with van der Waals surface area (Å²) in [5.41, 5.74) is 10.2. The number of hydrogen-bond donors (Lipinski definition) is 1. The van der Waals surface area contributed by atoms with E-state index in [0.29, 0.717) is 0 Å².